The van der Waals surface area contributed by atoms with Gasteiger partial charge in [-0.15, -0.1) is 12.3 Å². The Labute approximate surface area is 95.4 Å². The first kappa shape index (κ1) is 11.9. The number of nitrogens with two attached hydrogens (primary N) is 1. The third-order valence-corrected chi connectivity index (χ3v) is 2.20. The van der Waals surface area contributed by atoms with Gasteiger partial charge in [-0.25, -0.2) is 0 Å². The molecule has 0 aliphatic carbocycles. The van der Waals surface area contributed by atoms with E-state index in [-0.39, 0.29) is 0 Å². The molecule has 0 fully saturated rings. The average Bonchev–Trinajstić information content (AvgIpc) is 2.26. The molecule has 0 spiro atoms. The first-order valence-corrected chi connectivity index (χ1v) is 5.20. The lowest BCUT2D eigenvalue weighted by molar-refractivity contribution is 0.310. The summed E-state index contributed by atoms with van der Waals surface area (Å²) in [5.74, 6) is 3.36. The van der Waals surface area contributed by atoms with E-state index in [1.165, 1.54) is 0 Å². The molecule has 3 heteroatoms. The lowest BCUT2D eigenvalue weighted by Crippen LogP contribution is -2.03. The van der Waals surface area contributed by atoms with Gasteiger partial charge in [0, 0.05) is 23.6 Å². The highest BCUT2D eigenvalue weighted by molar-refractivity contribution is 6.30. The van der Waals surface area contributed by atoms with Crippen LogP contribution in [0.5, 0.6) is 5.75 Å². The Hall–Kier alpha value is -1.17. The van der Waals surface area contributed by atoms with Crippen molar-refractivity contribution in [2.45, 2.75) is 19.4 Å². The predicted octanol–water partition coefficient (Wildman–Crippen LogP) is 2.59. The number of unbranched alkanes of at least 4 members (excludes halogenated alkanes) is 1. The second-order valence-electron chi connectivity index (χ2n) is 3.11. The zero-order chi connectivity index (χ0) is 11.1. The number of benzene rings is 1. The molecule has 0 saturated carbocycles. The molecule has 0 bridgehead atoms. The molecule has 80 valence electrons. The van der Waals surface area contributed by atoms with Crippen LogP contribution in [-0.2, 0) is 6.54 Å². The Kier molecular flexibility index (Phi) is 5.03. The fourth-order valence-corrected chi connectivity index (χ4v) is 1.40. The van der Waals surface area contributed by atoms with Gasteiger partial charge < -0.3 is 10.5 Å². The SMILES string of the molecule is C#CCCCOc1ccc(Cl)cc1CN. The molecule has 1 aromatic carbocycles. The largest absolute Gasteiger partial charge is 0.493 e. The van der Waals surface area contributed by atoms with Crippen molar-refractivity contribution < 1.29 is 4.74 Å². The first-order chi connectivity index (χ1) is 7.27. The average molecular weight is 224 g/mol. The van der Waals surface area contributed by atoms with E-state index in [1.54, 1.807) is 6.07 Å². The Morgan fingerprint density at radius 1 is 1.47 bits per heavy atom. The minimum Gasteiger partial charge on any atom is -0.493 e. The summed E-state index contributed by atoms with van der Waals surface area (Å²) in [7, 11) is 0. The van der Waals surface area contributed by atoms with Crippen LogP contribution in [0.15, 0.2) is 18.2 Å². The van der Waals surface area contributed by atoms with Crippen LogP contribution in [-0.4, -0.2) is 6.61 Å². The van der Waals surface area contributed by atoms with Gasteiger partial charge in [0.15, 0.2) is 0 Å². The summed E-state index contributed by atoms with van der Waals surface area (Å²) in [6.07, 6.45) is 6.72. The highest BCUT2D eigenvalue weighted by Crippen LogP contribution is 2.22. The Morgan fingerprint density at radius 2 is 2.27 bits per heavy atom. The van der Waals surface area contributed by atoms with Crippen molar-refractivity contribution in [2.24, 2.45) is 5.73 Å². The van der Waals surface area contributed by atoms with Gasteiger partial charge in [-0.05, 0) is 24.6 Å². The molecule has 2 N–H and O–H groups in total. The quantitative estimate of drug-likeness (QED) is 0.615. The van der Waals surface area contributed by atoms with Crippen molar-refractivity contribution in [1.82, 2.24) is 0 Å². The third kappa shape index (κ3) is 3.83. The van der Waals surface area contributed by atoms with E-state index in [4.69, 9.17) is 28.5 Å². The van der Waals surface area contributed by atoms with E-state index < -0.39 is 0 Å². The number of ether oxygens (including phenoxy) is 1. The fraction of sp³-hybridized carbons (Fsp3) is 0.333. The minimum absolute atomic E-state index is 0.422. The van der Waals surface area contributed by atoms with Gasteiger partial charge in [0.25, 0.3) is 0 Å². The van der Waals surface area contributed by atoms with Crippen LogP contribution in [0.1, 0.15) is 18.4 Å². The molecule has 15 heavy (non-hydrogen) atoms. The summed E-state index contributed by atoms with van der Waals surface area (Å²) in [5.41, 5.74) is 6.50. The van der Waals surface area contributed by atoms with Crippen LogP contribution in [0, 0.1) is 12.3 Å². The molecule has 0 amide bonds. The molecule has 0 saturated heterocycles. The molecule has 0 atom stereocenters. The van der Waals surface area contributed by atoms with Gasteiger partial charge in [0.05, 0.1) is 6.61 Å². The molecule has 0 aliphatic rings. The molecule has 1 rings (SSSR count). The van der Waals surface area contributed by atoms with Crippen LogP contribution in [0.2, 0.25) is 5.02 Å². The van der Waals surface area contributed by atoms with Crippen LogP contribution < -0.4 is 10.5 Å². The summed E-state index contributed by atoms with van der Waals surface area (Å²) in [6, 6.07) is 5.44. The van der Waals surface area contributed by atoms with E-state index in [2.05, 4.69) is 5.92 Å². The molecule has 0 aromatic heterocycles. The summed E-state index contributed by atoms with van der Waals surface area (Å²) < 4.78 is 5.55. The molecule has 0 unspecified atom stereocenters. The third-order valence-electron chi connectivity index (χ3n) is 1.97. The van der Waals surface area contributed by atoms with Crippen LogP contribution in [0.3, 0.4) is 0 Å². The summed E-state index contributed by atoms with van der Waals surface area (Å²) in [6.45, 7) is 1.03. The standard InChI is InChI=1S/C12H14ClNO/c1-2-3-4-7-15-12-6-5-11(13)8-10(12)9-14/h1,5-6,8H,3-4,7,9,14H2. The van der Waals surface area contributed by atoms with Gasteiger partial charge in [-0.3, -0.25) is 0 Å². The van der Waals surface area contributed by atoms with Crippen LogP contribution >= 0.6 is 11.6 Å². The zero-order valence-electron chi connectivity index (χ0n) is 8.50. The molecule has 0 aliphatic heterocycles. The van der Waals surface area contributed by atoms with Crippen molar-refractivity contribution in [3.8, 4) is 18.1 Å². The van der Waals surface area contributed by atoms with Gasteiger partial charge >= 0.3 is 0 Å². The molecular weight excluding hydrogens is 210 g/mol. The van der Waals surface area contributed by atoms with Gasteiger partial charge in [-0.2, -0.15) is 0 Å². The van der Waals surface area contributed by atoms with Crippen molar-refractivity contribution in [3.05, 3.63) is 28.8 Å². The molecule has 2 nitrogen and oxygen atoms in total. The van der Waals surface area contributed by atoms with E-state index in [0.717, 1.165) is 24.2 Å². The normalized spacial score (nSPS) is 9.67. The maximum atomic E-state index is 5.84. The highest BCUT2D eigenvalue weighted by Gasteiger charge is 2.02. The van der Waals surface area contributed by atoms with Gasteiger partial charge in [-0.1, -0.05) is 11.6 Å². The van der Waals surface area contributed by atoms with E-state index in [9.17, 15) is 0 Å². The lowest BCUT2D eigenvalue weighted by atomic mass is 10.2. The van der Waals surface area contributed by atoms with Crippen LogP contribution in [0.4, 0.5) is 0 Å². The first-order valence-electron chi connectivity index (χ1n) is 4.82. The summed E-state index contributed by atoms with van der Waals surface area (Å²) in [4.78, 5) is 0. The van der Waals surface area contributed by atoms with E-state index >= 15 is 0 Å². The molecular formula is C12H14ClNO. The monoisotopic (exact) mass is 223 g/mol. The summed E-state index contributed by atoms with van der Waals surface area (Å²) >= 11 is 5.84. The number of hydrogen-bond donors (Lipinski definition) is 1. The van der Waals surface area contributed by atoms with Crippen LogP contribution in [0.25, 0.3) is 0 Å². The Morgan fingerprint density at radius 3 is 2.93 bits per heavy atom. The van der Waals surface area contributed by atoms with Gasteiger partial charge in [0.2, 0.25) is 0 Å². The number of rotatable bonds is 5. The Bertz CT molecular complexity index is 357. The second-order valence-corrected chi connectivity index (χ2v) is 3.55. The zero-order valence-corrected chi connectivity index (χ0v) is 9.26. The molecule has 0 radical (unpaired) electrons. The highest BCUT2D eigenvalue weighted by atomic mass is 35.5. The topological polar surface area (TPSA) is 35.2 Å². The minimum atomic E-state index is 0.422. The van der Waals surface area contributed by atoms with Crippen molar-refractivity contribution in [2.75, 3.05) is 6.61 Å². The van der Waals surface area contributed by atoms with Gasteiger partial charge in [0.1, 0.15) is 5.75 Å². The lowest BCUT2D eigenvalue weighted by Gasteiger charge is -2.09. The number of halogens is 1. The Balaban J connectivity index is 2.57. The summed E-state index contributed by atoms with van der Waals surface area (Å²) in [5, 5.41) is 0.673. The smallest absolute Gasteiger partial charge is 0.123 e. The molecule has 1 aromatic rings. The maximum absolute atomic E-state index is 5.84. The van der Waals surface area contributed by atoms with E-state index in [1.807, 2.05) is 12.1 Å². The fourth-order valence-electron chi connectivity index (χ4n) is 1.20. The van der Waals surface area contributed by atoms with Crippen molar-refractivity contribution >= 4 is 11.6 Å². The number of hydrogen-bond acceptors (Lipinski definition) is 2. The predicted molar refractivity (Wildman–Crippen MR) is 62.9 cm³/mol. The second kappa shape index (κ2) is 6.34. The van der Waals surface area contributed by atoms with E-state index in [0.29, 0.717) is 18.2 Å². The maximum Gasteiger partial charge on any atom is 0.123 e. The molecule has 0 heterocycles. The van der Waals surface area contributed by atoms with Crippen molar-refractivity contribution in [3.63, 3.8) is 0 Å². The van der Waals surface area contributed by atoms with Crippen molar-refractivity contribution in [1.29, 1.82) is 0 Å². The number of terminal acetylenes is 1.